The average Bonchev–Trinajstić information content (AvgIpc) is 3.20. The third-order valence-electron chi connectivity index (χ3n) is 3.50. The van der Waals surface area contributed by atoms with Gasteiger partial charge in [-0.15, -0.1) is 10.2 Å². The van der Waals surface area contributed by atoms with E-state index in [2.05, 4.69) is 21.0 Å². The highest BCUT2D eigenvalue weighted by molar-refractivity contribution is 7.99. The van der Waals surface area contributed by atoms with Crippen molar-refractivity contribution in [1.29, 1.82) is 0 Å². The quantitative estimate of drug-likeness (QED) is 0.482. The number of thioether (sulfide) groups is 1. The standard InChI is InChI=1S/C18H15FN4O4S/c1-26-12-8-6-11(7-9-12)17-22-23-18(27-17)28-10-15(24)20-21-16(25)13-4-2-3-5-14(13)19/h2-9H,10H2,1H3,(H,20,24)(H,21,25). The van der Waals surface area contributed by atoms with E-state index in [-0.39, 0.29) is 16.5 Å². The second kappa shape index (κ2) is 9.00. The van der Waals surface area contributed by atoms with Gasteiger partial charge in [0, 0.05) is 5.56 Å². The lowest BCUT2D eigenvalue weighted by atomic mass is 10.2. The molecule has 2 amide bonds. The number of rotatable bonds is 6. The van der Waals surface area contributed by atoms with E-state index in [1.165, 1.54) is 18.2 Å². The molecule has 1 heterocycles. The number of carbonyl (C=O) groups is 2. The maximum absolute atomic E-state index is 13.5. The minimum atomic E-state index is -0.754. The van der Waals surface area contributed by atoms with Crippen molar-refractivity contribution in [1.82, 2.24) is 21.0 Å². The molecule has 0 radical (unpaired) electrons. The first kappa shape index (κ1) is 19.4. The van der Waals surface area contributed by atoms with Gasteiger partial charge in [-0.2, -0.15) is 0 Å². The van der Waals surface area contributed by atoms with Gasteiger partial charge in [-0.3, -0.25) is 20.4 Å². The summed E-state index contributed by atoms with van der Waals surface area (Å²) in [4.78, 5) is 23.7. The van der Waals surface area contributed by atoms with E-state index in [4.69, 9.17) is 9.15 Å². The monoisotopic (exact) mass is 402 g/mol. The highest BCUT2D eigenvalue weighted by Gasteiger charge is 2.14. The van der Waals surface area contributed by atoms with Crippen LogP contribution < -0.4 is 15.6 Å². The predicted molar refractivity (Wildman–Crippen MR) is 99.0 cm³/mol. The summed E-state index contributed by atoms with van der Waals surface area (Å²) in [5, 5.41) is 7.98. The second-order valence-corrected chi connectivity index (χ2v) is 6.30. The van der Waals surface area contributed by atoms with Gasteiger partial charge >= 0.3 is 0 Å². The average molecular weight is 402 g/mol. The minimum absolute atomic E-state index is 0.0815. The molecule has 0 aliphatic carbocycles. The van der Waals surface area contributed by atoms with Crippen LogP contribution in [0.4, 0.5) is 4.39 Å². The third-order valence-corrected chi connectivity index (χ3v) is 4.32. The minimum Gasteiger partial charge on any atom is -0.497 e. The highest BCUT2D eigenvalue weighted by atomic mass is 32.2. The summed E-state index contributed by atoms with van der Waals surface area (Å²) in [7, 11) is 1.57. The van der Waals surface area contributed by atoms with Crippen LogP contribution in [0.5, 0.6) is 5.75 Å². The maximum atomic E-state index is 13.5. The van der Waals surface area contributed by atoms with Crippen LogP contribution >= 0.6 is 11.8 Å². The molecule has 2 N–H and O–H groups in total. The summed E-state index contributed by atoms with van der Waals surface area (Å²) in [6, 6.07) is 12.5. The molecule has 3 rings (SSSR count). The number of amides is 2. The molecule has 0 spiro atoms. The number of aromatic nitrogens is 2. The van der Waals surface area contributed by atoms with Crippen molar-refractivity contribution in [2.24, 2.45) is 0 Å². The number of ether oxygens (including phenoxy) is 1. The molecule has 0 aliphatic rings. The summed E-state index contributed by atoms with van der Waals surface area (Å²) in [6.45, 7) is 0. The molecule has 2 aromatic carbocycles. The Morgan fingerprint density at radius 1 is 1.11 bits per heavy atom. The lowest BCUT2D eigenvalue weighted by Gasteiger charge is -2.07. The van der Waals surface area contributed by atoms with E-state index in [9.17, 15) is 14.0 Å². The van der Waals surface area contributed by atoms with Crippen molar-refractivity contribution >= 4 is 23.6 Å². The molecule has 0 unspecified atom stereocenters. The zero-order valence-corrected chi connectivity index (χ0v) is 15.5. The molecule has 0 aliphatic heterocycles. The van der Waals surface area contributed by atoms with Crippen LogP contribution in [0.3, 0.4) is 0 Å². The zero-order valence-electron chi connectivity index (χ0n) is 14.6. The van der Waals surface area contributed by atoms with Gasteiger partial charge in [0.15, 0.2) is 0 Å². The number of hydrazine groups is 1. The van der Waals surface area contributed by atoms with Crippen LogP contribution in [-0.2, 0) is 4.79 Å². The molecule has 8 nitrogen and oxygen atoms in total. The Morgan fingerprint density at radius 2 is 1.86 bits per heavy atom. The van der Waals surface area contributed by atoms with Crippen molar-refractivity contribution in [3.8, 4) is 17.2 Å². The molecule has 28 heavy (non-hydrogen) atoms. The number of hydrogen-bond acceptors (Lipinski definition) is 7. The fraction of sp³-hybridized carbons (Fsp3) is 0.111. The van der Waals surface area contributed by atoms with Crippen LogP contribution in [0.25, 0.3) is 11.5 Å². The summed E-state index contributed by atoms with van der Waals surface area (Å²) < 4.78 is 24.1. The molecular weight excluding hydrogens is 387 g/mol. The Bertz CT molecular complexity index is 978. The zero-order chi connectivity index (χ0) is 19.9. The highest BCUT2D eigenvalue weighted by Crippen LogP contribution is 2.24. The first-order valence-electron chi connectivity index (χ1n) is 8.01. The Morgan fingerprint density at radius 3 is 2.57 bits per heavy atom. The maximum Gasteiger partial charge on any atom is 0.277 e. The van der Waals surface area contributed by atoms with Gasteiger partial charge in [0.2, 0.25) is 11.8 Å². The number of nitrogens with zero attached hydrogens (tertiary/aromatic N) is 2. The van der Waals surface area contributed by atoms with Crippen LogP contribution in [0.15, 0.2) is 58.2 Å². The summed E-state index contributed by atoms with van der Waals surface area (Å²) in [5.74, 6) is -1.03. The summed E-state index contributed by atoms with van der Waals surface area (Å²) >= 11 is 1.000. The lowest BCUT2D eigenvalue weighted by Crippen LogP contribution is -2.42. The molecule has 3 aromatic rings. The van der Waals surface area contributed by atoms with Crippen LogP contribution in [-0.4, -0.2) is 34.9 Å². The van der Waals surface area contributed by atoms with Crippen molar-refractivity contribution < 1.29 is 23.1 Å². The van der Waals surface area contributed by atoms with E-state index in [1.54, 1.807) is 31.4 Å². The largest absolute Gasteiger partial charge is 0.497 e. The number of hydrogen-bond donors (Lipinski definition) is 2. The van der Waals surface area contributed by atoms with Gasteiger partial charge in [-0.25, -0.2) is 4.39 Å². The van der Waals surface area contributed by atoms with E-state index < -0.39 is 17.6 Å². The predicted octanol–water partition coefficient (Wildman–Crippen LogP) is 2.44. The molecular formula is C18H15FN4O4S. The number of carbonyl (C=O) groups excluding carboxylic acids is 2. The Kier molecular flexibility index (Phi) is 6.22. The van der Waals surface area contributed by atoms with Gasteiger partial charge in [0.05, 0.1) is 18.4 Å². The Labute approximate surface area is 163 Å². The molecule has 0 fully saturated rings. The second-order valence-electron chi connectivity index (χ2n) is 5.37. The normalized spacial score (nSPS) is 10.4. The Balaban J connectivity index is 1.49. The molecule has 144 valence electrons. The third kappa shape index (κ3) is 4.86. The van der Waals surface area contributed by atoms with E-state index in [0.717, 1.165) is 17.8 Å². The van der Waals surface area contributed by atoms with Gasteiger partial charge in [0.25, 0.3) is 11.1 Å². The van der Waals surface area contributed by atoms with Crippen molar-refractivity contribution in [3.63, 3.8) is 0 Å². The fourth-order valence-electron chi connectivity index (χ4n) is 2.12. The first-order chi connectivity index (χ1) is 13.6. The molecule has 1 aromatic heterocycles. The summed E-state index contributed by atoms with van der Waals surface area (Å²) in [5.41, 5.74) is 4.89. The number of nitrogens with one attached hydrogen (secondary N) is 2. The van der Waals surface area contributed by atoms with Crippen LogP contribution in [0.1, 0.15) is 10.4 Å². The molecule has 0 saturated carbocycles. The van der Waals surface area contributed by atoms with E-state index in [1.807, 2.05) is 0 Å². The van der Waals surface area contributed by atoms with Crippen LogP contribution in [0, 0.1) is 5.82 Å². The molecule has 0 atom stereocenters. The van der Waals surface area contributed by atoms with E-state index in [0.29, 0.717) is 17.2 Å². The van der Waals surface area contributed by atoms with Crippen LogP contribution in [0.2, 0.25) is 0 Å². The number of benzene rings is 2. The molecule has 0 saturated heterocycles. The molecule has 10 heteroatoms. The van der Waals surface area contributed by atoms with Crippen molar-refractivity contribution in [2.45, 2.75) is 5.22 Å². The first-order valence-corrected chi connectivity index (χ1v) is 9.00. The van der Waals surface area contributed by atoms with Gasteiger partial charge in [-0.1, -0.05) is 23.9 Å². The lowest BCUT2D eigenvalue weighted by molar-refractivity contribution is -0.119. The van der Waals surface area contributed by atoms with E-state index >= 15 is 0 Å². The Hall–Kier alpha value is -3.40. The number of halogens is 1. The SMILES string of the molecule is COc1ccc(-c2nnc(SCC(=O)NNC(=O)c3ccccc3F)o2)cc1. The number of methoxy groups -OCH3 is 1. The van der Waals surface area contributed by atoms with Crippen molar-refractivity contribution in [3.05, 3.63) is 59.9 Å². The smallest absolute Gasteiger partial charge is 0.277 e. The van der Waals surface area contributed by atoms with Gasteiger partial charge in [-0.05, 0) is 36.4 Å². The van der Waals surface area contributed by atoms with Gasteiger partial charge in [0.1, 0.15) is 11.6 Å². The van der Waals surface area contributed by atoms with Gasteiger partial charge < -0.3 is 9.15 Å². The summed E-state index contributed by atoms with van der Waals surface area (Å²) in [6.07, 6.45) is 0. The fourth-order valence-corrected chi connectivity index (χ4v) is 2.68. The molecule has 0 bridgehead atoms. The topological polar surface area (TPSA) is 106 Å². The van der Waals surface area contributed by atoms with Crippen molar-refractivity contribution in [2.75, 3.05) is 12.9 Å².